The van der Waals surface area contributed by atoms with Crippen LogP contribution in [-0.2, 0) is 22.2 Å². The highest BCUT2D eigenvalue weighted by Crippen LogP contribution is 2.36. The van der Waals surface area contributed by atoms with E-state index in [-0.39, 0.29) is 18.9 Å². The second-order valence-corrected chi connectivity index (χ2v) is 4.34. The van der Waals surface area contributed by atoms with Crippen LogP contribution in [-0.4, -0.2) is 33.5 Å². The molecule has 0 heterocycles. The minimum atomic E-state index is -4.46. The van der Waals surface area contributed by atoms with Gasteiger partial charge in [-0.05, 0) is 17.7 Å². The Morgan fingerprint density at radius 1 is 1.10 bits per heavy atom. The average Bonchev–Trinajstić information content (AvgIpc) is 2.45. The molecule has 0 saturated heterocycles. The third kappa shape index (κ3) is 6.33. The molecule has 0 spiro atoms. The highest BCUT2D eigenvalue weighted by molar-refractivity contribution is 5.39. The van der Waals surface area contributed by atoms with Crippen LogP contribution in [0, 0.1) is 0 Å². The summed E-state index contributed by atoms with van der Waals surface area (Å²) >= 11 is 0. The van der Waals surface area contributed by atoms with E-state index in [0.29, 0.717) is 31.8 Å². The summed E-state index contributed by atoms with van der Waals surface area (Å²) in [5, 5.41) is 0. The zero-order valence-corrected chi connectivity index (χ0v) is 11.9. The van der Waals surface area contributed by atoms with Gasteiger partial charge < -0.3 is 19.9 Å². The van der Waals surface area contributed by atoms with Crippen molar-refractivity contribution < 1.29 is 27.4 Å². The lowest BCUT2D eigenvalue weighted by Crippen LogP contribution is -2.12. The number of halogens is 3. The van der Waals surface area contributed by atoms with Crippen molar-refractivity contribution in [3.8, 4) is 5.75 Å². The number of rotatable bonds is 9. The van der Waals surface area contributed by atoms with Crippen LogP contribution in [0.15, 0.2) is 18.2 Å². The van der Waals surface area contributed by atoms with Crippen molar-refractivity contribution in [2.45, 2.75) is 19.1 Å². The van der Waals surface area contributed by atoms with Crippen molar-refractivity contribution in [2.75, 3.05) is 33.5 Å². The molecule has 0 aliphatic rings. The summed E-state index contributed by atoms with van der Waals surface area (Å²) < 4.78 is 54.0. The number of methoxy groups -OCH3 is 1. The second-order valence-electron chi connectivity index (χ2n) is 4.34. The van der Waals surface area contributed by atoms with Gasteiger partial charge in [-0.15, -0.1) is 0 Å². The molecule has 0 saturated carbocycles. The van der Waals surface area contributed by atoms with Gasteiger partial charge in [0.2, 0.25) is 0 Å². The average molecular weight is 307 g/mol. The fraction of sp³-hybridized carbons (Fsp3) is 0.571. The van der Waals surface area contributed by atoms with Crippen LogP contribution < -0.4 is 10.5 Å². The minimum absolute atomic E-state index is 0.0523. The van der Waals surface area contributed by atoms with Gasteiger partial charge in [-0.1, -0.05) is 6.07 Å². The van der Waals surface area contributed by atoms with E-state index >= 15 is 0 Å². The summed E-state index contributed by atoms with van der Waals surface area (Å²) in [5.74, 6) is -0.184. The molecule has 1 aromatic carbocycles. The molecular formula is C14H20F3NO3. The number of ether oxygens (including phenoxy) is 3. The molecular weight excluding hydrogens is 287 g/mol. The molecule has 0 radical (unpaired) electrons. The van der Waals surface area contributed by atoms with E-state index in [1.54, 1.807) is 7.11 Å². The van der Waals surface area contributed by atoms with E-state index < -0.39 is 11.7 Å². The number of benzene rings is 1. The highest BCUT2D eigenvalue weighted by Gasteiger charge is 2.34. The molecule has 2 N–H and O–H groups in total. The van der Waals surface area contributed by atoms with E-state index in [4.69, 9.17) is 19.9 Å². The van der Waals surface area contributed by atoms with Crippen molar-refractivity contribution >= 4 is 0 Å². The predicted molar refractivity (Wildman–Crippen MR) is 72.1 cm³/mol. The molecule has 0 aliphatic heterocycles. The van der Waals surface area contributed by atoms with Crippen molar-refractivity contribution in [3.05, 3.63) is 29.3 Å². The summed E-state index contributed by atoms with van der Waals surface area (Å²) in [5.41, 5.74) is 4.97. The lowest BCUT2D eigenvalue weighted by molar-refractivity contribution is -0.139. The first-order chi connectivity index (χ1) is 9.99. The standard InChI is InChI=1S/C14H20F3NO3/c1-19-7-8-20-5-2-6-21-13-4-3-11(10-18)9-12(13)14(15,16)17/h3-4,9H,2,5-8,10,18H2,1H3. The smallest absolute Gasteiger partial charge is 0.419 e. The van der Waals surface area contributed by atoms with Crippen molar-refractivity contribution in [3.63, 3.8) is 0 Å². The van der Waals surface area contributed by atoms with E-state index in [2.05, 4.69) is 0 Å². The molecule has 0 aliphatic carbocycles. The summed E-state index contributed by atoms with van der Waals surface area (Å²) in [7, 11) is 1.57. The Bertz CT molecular complexity index is 424. The van der Waals surface area contributed by atoms with E-state index in [0.717, 1.165) is 6.07 Å². The first-order valence-electron chi connectivity index (χ1n) is 6.58. The van der Waals surface area contributed by atoms with Crippen LogP contribution >= 0.6 is 0 Å². The monoisotopic (exact) mass is 307 g/mol. The number of alkyl halides is 3. The largest absolute Gasteiger partial charge is 0.493 e. The quantitative estimate of drug-likeness (QED) is 0.713. The van der Waals surface area contributed by atoms with Gasteiger partial charge in [0, 0.05) is 26.7 Å². The Balaban J connectivity index is 2.51. The molecule has 0 bridgehead atoms. The van der Waals surface area contributed by atoms with Gasteiger partial charge in [-0.25, -0.2) is 0 Å². The number of hydrogen-bond donors (Lipinski definition) is 1. The molecule has 4 nitrogen and oxygen atoms in total. The Hall–Kier alpha value is -1.31. The summed E-state index contributed by atoms with van der Waals surface area (Å²) in [6.07, 6.45) is -3.96. The molecule has 0 amide bonds. The SMILES string of the molecule is COCCOCCCOc1ccc(CN)cc1C(F)(F)F. The van der Waals surface area contributed by atoms with E-state index in [1.165, 1.54) is 12.1 Å². The summed E-state index contributed by atoms with van der Waals surface area (Å²) in [4.78, 5) is 0. The second kappa shape index (κ2) is 8.86. The highest BCUT2D eigenvalue weighted by atomic mass is 19.4. The Morgan fingerprint density at radius 3 is 2.48 bits per heavy atom. The third-order valence-corrected chi connectivity index (χ3v) is 2.71. The van der Waals surface area contributed by atoms with Crippen molar-refractivity contribution in [1.82, 2.24) is 0 Å². The van der Waals surface area contributed by atoms with Crippen LogP contribution in [0.4, 0.5) is 13.2 Å². The van der Waals surface area contributed by atoms with Gasteiger partial charge in [0.25, 0.3) is 0 Å². The van der Waals surface area contributed by atoms with Gasteiger partial charge in [0.15, 0.2) is 0 Å². The topological polar surface area (TPSA) is 53.7 Å². The molecule has 120 valence electrons. The number of nitrogens with two attached hydrogens (primary N) is 1. The Morgan fingerprint density at radius 2 is 1.86 bits per heavy atom. The Kier molecular flexibility index (Phi) is 7.49. The summed E-state index contributed by atoms with van der Waals surface area (Å²) in [6, 6.07) is 3.85. The Labute approximate surface area is 122 Å². The minimum Gasteiger partial charge on any atom is -0.493 e. The molecule has 21 heavy (non-hydrogen) atoms. The zero-order valence-electron chi connectivity index (χ0n) is 11.9. The van der Waals surface area contributed by atoms with Crippen LogP contribution in [0.5, 0.6) is 5.75 Å². The van der Waals surface area contributed by atoms with Crippen molar-refractivity contribution in [2.24, 2.45) is 5.73 Å². The molecule has 1 aromatic rings. The first kappa shape index (κ1) is 17.7. The molecule has 0 atom stereocenters. The fourth-order valence-electron chi connectivity index (χ4n) is 1.64. The zero-order chi connectivity index (χ0) is 15.7. The van der Waals surface area contributed by atoms with Crippen LogP contribution in [0.25, 0.3) is 0 Å². The van der Waals surface area contributed by atoms with Crippen LogP contribution in [0.1, 0.15) is 17.5 Å². The van der Waals surface area contributed by atoms with Gasteiger partial charge in [-0.2, -0.15) is 13.2 Å². The van der Waals surface area contributed by atoms with Gasteiger partial charge >= 0.3 is 6.18 Å². The first-order valence-corrected chi connectivity index (χ1v) is 6.58. The summed E-state index contributed by atoms with van der Waals surface area (Å²) in [6.45, 7) is 1.55. The molecule has 0 unspecified atom stereocenters. The molecule has 1 rings (SSSR count). The third-order valence-electron chi connectivity index (χ3n) is 2.71. The lowest BCUT2D eigenvalue weighted by Gasteiger charge is -2.15. The van der Waals surface area contributed by atoms with E-state index in [9.17, 15) is 13.2 Å². The van der Waals surface area contributed by atoms with Gasteiger partial charge in [0.05, 0.1) is 25.4 Å². The molecule has 7 heteroatoms. The molecule has 0 fully saturated rings. The maximum absolute atomic E-state index is 12.9. The predicted octanol–water partition coefficient (Wildman–Crippen LogP) is 2.60. The van der Waals surface area contributed by atoms with Gasteiger partial charge in [-0.3, -0.25) is 0 Å². The maximum Gasteiger partial charge on any atom is 0.419 e. The maximum atomic E-state index is 12.9. The van der Waals surface area contributed by atoms with Gasteiger partial charge in [0.1, 0.15) is 5.75 Å². The fourth-order valence-corrected chi connectivity index (χ4v) is 1.64. The lowest BCUT2D eigenvalue weighted by atomic mass is 10.1. The van der Waals surface area contributed by atoms with Crippen LogP contribution in [0.3, 0.4) is 0 Å². The van der Waals surface area contributed by atoms with Crippen LogP contribution in [0.2, 0.25) is 0 Å². The molecule has 0 aromatic heterocycles. The normalized spacial score (nSPS) is 11.7. The number of hydrogen-bond acceptors (Lipinski definition) is 4. The van der Waals surface area contributed by atoms with E-state index in [1.807, 2.05) is 0 Å². The van der Waals surface area contributed by atoms with Crippen molar-refractivity contribution in [1.29, 1.82) is 0 Å².